The number of fused-ring (bicyclic) bond motifs is 1. The van der Waals surface area contributed by atoms with E-state index >= 15 is 0 Å². The number of anilines is 2. The van der Waals surface area contributed by atoms with Gasteiger partial charge in [-0.05, 0) is 36.4 Å². The lowest BCUT2D eigenvalue weighted by Crippen LogP contribution is -2.49. The van der Waals surface area contributed by atoms with Crippen molar-refractivity contribution in [3.63, 3.8) is 0 Å². The van der Waals surface area contributed by atoms with Gasteiger partial charge in [-0.25, -0.2) is 0 Å². The van der Waals surface area contributed by atoms with Crippen LogP contribution in [-0.2, 0) is 16.1 Å². The molecule has 2 amide bonds. The largest absolute Gasteiger partial charge is 0.368 e. The zero-order valence-electron chi connectivity index (χ0n) is 20.4. The van der Waals surface area contributed by atoms with E-state index in [4.69, 9.17) is 0 Å². The van der Waals surface area contributed by atoms with Crippen molar-refractivity contribution >= 4 is 40.2 Å². The number of piperazine rings is 1. The average molecular weight is 490 g/mol. The molecule has 3 aromatic carbocycles. The second kappa shape index (κ2) is 10.8. The molecule has 0 spiro atoms. The number of carbonyl (C=O) groups is 2. The molecule has 4 aromatic rings. The van der Waals surface area contributed by atoms with Crippen LogP contribution >= 0.6 is 0 Å². The minimum absolute atomic E-state index is 0.0878. The number of rotatable bonds is 6. The molecule has 0 radical (unpaired) electrons. The summed E-state index contributed by atoms with van der Waals surface area (Å²) in [6.45, 7) is 2.64. The van der Waals surface area contributed by atoms with Crippen molar-refractivity contribution in [3.05, 3.63) is 102 Å². The van der Waals surface area contributed by atoms with Gasteiger partial charge in [-0.1, -0.05) is 54.6 Å². The van der Waals surface area contributed by atoms with Gasteiger partial charge in [0.05, 0.1) is 0 Å². The fourth-order valence-electron chi connectivity index (χ4n) is 4.67. The summed E-state index contributed by atoms with van der Waals surface area (Å²) >= 11 is 0. The summed E-state index contributed by atoms with van der Waals surface area (Å²) in [4.78, 5) is 29.9. The number of nitrogens with one attached hydrogen (secondary N) is 1. The van der Waals surface area contributed by atoms with Gasteiger partial charge in [0.25, 0.3) is 5.91 Å². The first-order valence-corrected chi connectivity index (χ1v) is 12.3. The van der Waals surface area contributed by atoms with Gasteiger partial charge in [0, 0.05) is 60.2 Å². The van der Waals surface area contributed by atoms with Crippen LogP contribution in [0.3, 0.4) is 0 Å². The molecule has 1 aliphatic rings. The molecule has 0 aliphatic carbocycles. The highest BCUT2D eigenvalue weighted by Crippen LogP contribution is 2.25. The van der Waals surface area contributed by atoms with Crippen molar-refractivity contribution in [1.29, 1.82) is 5.26 Å². The Balaban J connectivity index is 1.33. The summed E-state index contributed by atoms with van der Waals surface area (Å²) in [6, 6.07) is 29.2. The van der Waals surface area contributed by atoms with Gasteiger partial charge in [-0.3, -0.25) is 9.59 Å². The summed E-state index contributed by atoms with van der Waals surface area (Å²) in [5.74, 6) is -0.427. The number of benzene rings is 3. The van der Waals surface area contributed by atoms with Gasteiger partial charge < -0.3 is 19.7 Å². The highest BCUT2D eigenvalue weighted by molar-refractivity contribution is 6.04. The second-order valence-corrected chi connectivity index (χ2v) is 8.93. The van der Waals surface area contributed by atoms with E-state index in [1.54, 1.807) is 11.0 Å². The highest BCUT2D eigenvalue weighted by Gasteiger charge is 2.24. The van der Waals surface area contributed by atoms with Crippen molar-refractivity contribution in [2.45, 2.75) is 6.54 Å². The third kappa shape index (κ3) is 5.39. The molecule has 184 valence electrons. The molecule has 0 atom stereocenters. The molecule has 0 unspecified atom stereocenters. The van der Waals surface area contributed by atoms with E-state index in [0.29, 0.717) is 26.2 Å². The molecular formula is C30H27N5O2. The Morgan fingerprint density at radius 1 is 0.865 bits per heavy atom. The molecule has 0 saturated carbocycles. The van der Waals surface area contributed by atoms with E-state index in [9.17, 15) is 14.9 Å². The number of carbonyl (C=O) groups excluding carboxylic acids is 2. The van der Waals surface area contributed by atoms with E-state index in [2.05, 4.69) is 28.4 Å². The molecule has 5 rings (SSSR count). The van der Waals surface area contributed by atoms with Gasteiger partial charge in [0.1, 0.15) is 18.2 Å². The highest BCUT2D eigenvalue weighted by atomic mass is 16.2. The molecule has 1 saturated heterocycles. The van der Waals surface area contributed by atoms with E-state index < -0.39 is 0 Å². The van der Waals surface area contributed by atoms with Crippen LogP contribution in [0.25, 0.3) is 17.0 Å². The fourth-order valence-corrected chi connectivity index (χ4v) is 4.67. The summed E-state index contributed by atoms with van der Waals surface area (Å²) in [6.07, 6.45) is 3.47. The predicted octanol–water partition coefficient (Wildman–Crippen LogP) is 4.54. The van der Waals surface area contributed by atoms with Crippen LogP contribution in [-0.4, -0.2) is 47.5 Å². The quantitative estimate of drug-likeness (QED) is 0.319. The number of hydrogen-bond donors (Lipinski definition) is 1. The standard InChI is InChI=1S/C30H27N5O2/c31-20-23(30(37)34-17-15-33(16-18-34)26-11-5-2-6-12-26)19-24-21-35(28-14-8-7-13-27(24)28)22-29(36)32-25-9-3-1-4-10-25/h1-14,19,21H,15-18,22H2,(H,32,36)/b23-19-. The SMILES string of the molecule is N#C/C(=C/c1cn(CC(=O)Nc2ccccc2)c2ccccc12)C(=O)N1CCN(c2ccccc2)CC1. The van der Waals surface area contributed by atoms with Crippen molar-refractivity contribution in [3.8, 4) is 6.07 Å². The zero-order valence-corrected chi connectivity index (χ0v) is 20.4. The van der Waals surface area contributed by atoms with Gasteiger partial charge in [0.15, 0.2) is 0 Å². The maximum absolute atomic E-state index is 13.2. The maximum Gasteiger partial charge on any atom is 0.264 e. The van der Waals surface area contributed by atoms with Crippen LogP contribution in [0.5, 0.6) is 0 Å². The maximum atomic E-state index is 13.2. The van der Waals surface area contributed by atoms with E-state index in [1.807, 2.05) is 83.6 Å². The molecule has 1 N–H and O–H groups in total. The monoisotopic (exact) mass is 489 g/mol. The number of aromatic nitrogens is 1. The molecular weight excluding hydrogens is 462 g/mol. The third-order valence-corrected chi connectivity index (χ3v) is 6.53. The van der Waals surface area contributed by atoms with Crippen LogP contribution in [0.15, 0.2) is 96.7 Å². The van der Waals surface area contributed by atoms with Crippen molar-refractivity contribution in [2.75, 3.05) is 36.4 Å². The summed E-state index contributed by atoms with van der Waals surface area (Å²) in [5.41, 5.74) is 3.54. The Morgan fingerprint density at radius 3 is 2.22 bits per heavy atom. The normalized spacial score (nSPS) is 13.9. The number of nitriles is 1. The molecule has 1 aliphatic heterocycles. The molecule has 7 nitrogen and oxygen atoms in total. The van der Waals surface area contributed by atoms with Gasteiger partial charge in [0.2, 0.25) is 5.91 Å². The zero-order chi connectivity index (χ0) is 25.6. The third-order valence-electron chi connectivity index (χ3n) is 6.53. The Morgan fingerprint density at radius 2 is 1.51 bits per heavy atom. The van der Waals surface area contributed by atoms with Crippen molar-refractivity contribution in [1.82, 2.24) is 9.47 Å². The Kier molecular flexibility index (Phi) is 7.00. The van der Waals surface area contributed by atoms with Gasteiger partial charge in [-0.15, -0.1) is 0 Å². The Labute approximate surface area is 215 Å². The second-order valence-electron chi connectivity index (χ2n) is 8.93. The van der Waals surface area contributed by atoms with Crippen LogP contribution in [0.4, 0.5) is 11.4 Å². The minimum atomic E-state index is -0.270. The summed E-state index contributed by atoms with van der Waals surface area (Å²) in [5, 5.41) is 13.6. The van der Waals surface area contributed by atoms with Crippen LogP contribution in [0.1, 0.15) is 5.56 Å². The number of nitrogens with zero attached hydrogens (tertiary/aromatic N) is 4. The lowest BCUT2D eigenvalue weighted by Gasteiger charge is -2.36. The van der Waals surface area contributed by atoms with E-state index in [1.165, 1.54) is 0 Å². The molecule has 2 heterocycles. The lowest BCUT2D eigenvalue weighted by molar-refractivity contribution is -0.127. The number of amides is 2. The van der Waals surface area contributed by atoms with Crippen LogP contribution in [0, 0.1) is 11.3 Å². The number of para-hydroxylation sites is 3. The molecule has 1 aromatic heterocycles. The van der Waals surface area contributed by atoms with Gasteiger partial charge in [-0.2, -0.15) is 5.26 Å². The Hall–Kier alpha value is -4.83. The van der Waals surface area contributed by atoms with Crippen molar-refractivity contribution < 1.29 is 9.59 Å². The molecule has 1 fully saturated rings. The molecule has 0 bridgehead atoms. The first-order chi connectivity index (χ1) is 18.1. The van der Waals surface area contributed by atoms with Crippen LogP contribution in [0.2, 0.25) is 0 Å². The average Bonchev–Trinajstić information content (AvgIpc) is 3.29. The van der Waals surface area contributed by atoms with E-state index in [-0.39, 0.29) is 23.9 Å². The minimum Gasteiger partial charge on any atom is -0.368 e. The number of hydrogen-bond acceptors (Lipinski definition) is 4. The fraction of sp³-hybridized carbons (Fsp3) is 0.167. The molecule has 7 heteroatoms. The topological polar surface area (TPSA) is 81.4 Å². The first kappa shape index (κ1) is 23.9. The lowest BCUT2D eigenvalue weighted by atomic mass is 10.1. The summed E-state index contributed by atoms with van der Waals surface area (Å²) in [7, 11) is 0. The smallest absolute Gasteiger partial charge is 0.264 e. The predicted molar refractivity (Wildman–Crippen MR) is 146 cm³/mol. The van der Waals surface area contributed by atoms with E-state index in [0.717, 1.165) is 27.8 Å². The first-order valence-electron chi connectivity index (χ1n) is 12.3. The van der Waals surface area contributed by atoms with Gasteiger partial charge >= 0.3 is 0 Å². The van der Waals surface area contributed by atoms with Crippen LogP contribution < -0.4 is 10.2 Å². The van der Waals surface area contributed by atoms with Crippen molar-refractivity contribution in [2.24, 2.45) is 0 Å². The summed E-state index contributed by atoms with van der Waals surface area (Å²) < 4.78 is 1.84. The molecule has 37 heavy (non-hydrogen) atoms. The Bertz CT molecular complexity index is 1480.